The summed E-state index contributed by atoms with van der Waals surface area (Å²) in [4.78, 5) is 29.6. The van der Waals surface area contributed by atoms with Crippen LogP contribution < -0.4 is 5.32 Å². The summed E-state index contributed by atoms with van der Waals surface area (Å²) in [7, 11) is 0. The first kappa shape index (κ1) is 32.4. The first-order valence-corrected chi connectivity index (χ1v) is 14.2. The summed E-state index contributed by atoms with van der Waals surface area (Å²) >= 11 is 1.12. The van der Waals surface area contributed by atoms with Crippen molar-refractivity contribution >= 4 is 23.6 Å². The molecule has 1 saturated heterocycles. The predicted octanol–water partition coefficient (Wildman–Crippen LogP) is 7.05. The number of aryl methyl sites for hydroxylation is 1. The van der Waals surface area contributed by atoms with Gasteiger partial charge in [-0.25, -0.2) is 0 Å². The van der Waals surface area contributed by atoms with Crippen LogP contribution in [-0.2, 0) is 35.1 Å². The van der Waals surface area contributed by atoms with E-state index in [1.54, 1.807) is 50.2 Å². The number of rotatable bonds is 8. The largest absolute Gasteiger partial charge is 0.416 e. The van der Waals surface area contributed by atoms with Gasteiger partial charge in [-0.1, -0.05) is 42.0 Å². The summed E-state index contributed by atoms with van der Waals surface area (Å²) in [5, 5.41) is 12.4. The van der Waals surface area contributed by atoms with E-state index >= 15 is 0 Å². The van der Waals surface area contributed by atoms with Crippen LogP contribution in [0.25, 0.3) is 0 Å². The zero-order valence-electron chi connectivity index (χ0n) is 23.5. The van der Waals surface area contributed by atoms with E-state index in [0.29, 0.717) is 28.2 Å². The third kappa shape index (κ3) is 7.18. The van der Waals surface area contributed by atoms with E-state index in [9.17, 15) is 41.0 Å². The average molecular weight is 625 g/mol. The number of halogens is 6. The molecule has 0 aromatic heterocycles. The van der Waals surface area contributed by atoms with Gasteiger partial charge in [-0.05, 0) is 67.8 Å². The fourth-order valence-electron chi connectivity index (χ4n) is 5.10. The van der Waals surface area contributed by atoms with Crippen molar-refractivity contribution in [3.63, 3.8) is 0 Å². The topological polar surface area (TPSA) is 69.6 Å². The molecule has 0 aliphatic carbocycles. The zero-order valence-corrected chi connectivity index (χ0v) is 24.3. The fourth-order valence-corrected chi connectivity index (χ4v) is 6.52. The Morgan fingerprint density at radius 3 is 2.00 bits per heavy atom. The molecule has 2 atom stereocenters. The minimum atomic E-state index is -5.06. The molecule has 4 rings (SSSR count). The molecule has 1 aliphatic rings. The Labute approximate surface area is 249 Å². The van der Waals surface area contributed by atoms with E-state index in [1.165, 1.54) is 4.90 Å². The highest BCUT2D eigenvalue weighted by atomic mass is 32.2. The molecule has 1 fully saturated rings. The maximum Gasteiger partial charge on any atom is 0.416 e. The van der Waals surface area contributed by atoms with Crippen LogP contribution in [0.15, 0.2) is 71.6 Å². The van der Waals surface area contributed by atoms with Crippen molar-refractivity contribution in [2.75, 3.05) is 0 Å². The van der Waals surface area contributed by atoms with Crippen LogP contribution in [0.4, 0.5) is 26.3 Å². The second-order valence-corrected chi connectivity index (χ2v) is 12.3. The lowest BCUT2D eigenvalue weighted by molar-refractivity contribution is -0.143. The minimum absolute atomic E-state index is 0.0357. The number of aliphatic hydroxyl groups excluding tert-OH is 1. The Balaban J connectivity index is 1.90. The molecule has 2 amide bonds. The van der Waals surface area contributed by atoms with Crippen molar-refractivity contribution in [3.05, 3.63) is 100 Å². The zero-order chi connectivity index (χ0) is 31.7. The second kappa shape index (κ2) is 12.2. The minimum Gasteiger partial charge on any atom is -0.392 e. The van der Waals surface area contributed by atoms with Crippen molar-refractivity contribution in [2.24, 2.45) is 0 Å². The number of hydrogen-bond acceptors (Lipinski definition) is 4. The van der Waals surface area contributed by atoms with Gasteiger partial charge < -0.3 is 15.3 Å². The van der Waals surface area contributed by atoms with Crippen LogP contribution in [0.3, 0.4) is 0 Å². The molecule has 0 saturated carbocycles. The lowest BCUT2D eigenvalue weighted by Gasteiger charge is -2.37. The highest BCUT2D eigenvalue weighted by molar-refractivity contribution is 8.01. The molecule has 0 unspecified atom stereocenters. The molecule has 3 aromatic rings. The molecule has 12 heteroatoms. The molecular weight excluding hydrogens is 594 g/mol. The van der Waals surface area contributed by atoms with E-state index < -0.39 is 52.6 Å². The maximum absolute atomic E-state index is 14.0. The molecule has 3 aromatic carbocycles. The number of thioether (sulfide) groups is 1. The van der Waals surface area contributed by atoms with E-state index in [4.69, 9.17) is 0 Å². The summed E-state index contributed by atoms with van der Waals surface area (Å²) in [6.45, 7) is 4.47. The highest BCUT2D eigenvalue weighted by Crippen LogP contribution is 2.53. The number of likely N-dealkylation sites (tertiary alicyclic amines) is 1. The molecule has 1 aliphatic heterocycles. The summed E-state index contributed by atoms with van der Waals surface area (Å²) in [5.41, 5.74) is -1.44. The van der Waals surface area contributed by atoms with Crippen molar-refractivity contribution in [2.45, 2.75) is 74.4 Å². The molecule has 5 nitrogen and oxygen atoms in total. The van der Waals surface area contributed by atoms with Gasteiger partial charge in [0.15, 0.2) is 0 Å². The van der Waals surface area contributed by atoms with Crippen molar-refractivity contribution < 1.29 is 41.0 Å². The molecule has 1 heterocycles. The van der Waals surface area contributed by atoms with E-state index in [-0.39, 0.29) is 30.7 Å². The number of nitrogens with zero attached hydrogens (tertiary/aromatic N) is 1. The lowest BCUT2D eigenvalue weighted by atomic mass is 9.90. The number of nitrogens with one attached hydrogen (secondary N) is 1. The van der Waals surface area contributed by atoms with Gasteiger partial charge in [0.25, 0.3) is 0 Å². The SMILES string of the molecule is Cc1ccc(S[C@]2(C(=O)NC(C)C)CC(=O)N(Cc3cc(C(F)(F)F)cc(C(F)(F)F)c3)[C@@H]2c2ccc(CO)cc2)cc1. The Morgan fingerprint density at radius 1 is 0.953 bits per heavy atom. The molecule has 2 N–H and O–H groups in total. The monoisotopic (exact) mass is 624 g/mol. The molecule has 43 heavy (non-hydrogen) atoms. The third-order valence-electron chi connectivity index (χ3n) is 7.09. The average Bonchev–Trinajstić information content (AvgIpc) is 3.20. The Morgan fingerprint density at radius 2 is 1.51 bits per heavy atom. The van der Waals surface area contributed by atoms with Gasteiger partial charge in [-0.2, -0.15) is 26.3 Å². The molecule has 230 valence electrons. The van der Waals surface area contributed by atoms with Crippen LogP contribution in [0.1, 0.15) is 59.7 Å². The van der Waals surface area contributed by atoms with Gasteiger partial charge in [-0.3, -0.25) is 9.59 Å². The number of alkyl halides is 6. The fraction of sp³-hybridized carbons (Fsp3) is 0.355. The van der Waals surface area contributed by atoms with Gasteiger partial charge in [0, 0.05) is 17.5 Å². The van der Waals surface area contributed by atoms with Crippen LogP contribution >= 0.6 is 11.8 Å². The smallest absolute Gasteiger partial charge is 0.392 e. The summed E-state index contributed by atoms with van der Waals surface area (Å²) in [5.74, 6) is -1.11. The highest BCUT2D eigenvalue weighted by Gasteiger charge is 2.58. The van der Waals surface area contributed by atoms with E-state index in [0.717, 1.165) is 17.3 Å². The quantitative estimate of drug-likeness (QED) is 0.264. The predicted molar refractivity (Wildman–Crippen MR) is 150 cm³/mol. The van der Waals surface area contributed by atoms with Gasteiger partial charge in [-0.15, -0.1) is 11.8 Å². The van der Waals surface area contributed by atoms with Crippen molar-refractivity contribution in [1.82, 2.24) is 10.2 Å². The number of aliphatic hydroxyl groups is 1. The number of amides is 2. The van der Waals surface area contributed by atoms with Crippen molar-refractivity contribution in [3.8, 4) is 0 Å². The first-order valence-electron chi connectivity index (χ1n) is 13.4. The third-order valence-corrected chi connectivity index (χ3v) is 8.52. The normalized spacial score (nSPS) is 19.3. The van der Waals surface area contributed by atoms with Crippen LogP contribution in [-0.4, -0.2) is 32.6 Å². The Kier molecular flexibility index (Phi) is 9.22. The van der Waals surface area contributed by atoms with Crippen molar-refractivity contribution in [1.29, 1.82) is 0 Å². The summed E-state index contributed by atoms with van der Waals surface area (Å²) in [6, 6.07) is 13.4. The van der Waals surface area contributed by atoms with Crippen LogP contribution in [0.2, 0.25) is 0 Å². The summed E-state index contributed by atoms with van der Waals surface area (Å²) < 4.78 is 80.3. The standard InChI is InChI=1S/C31H30F6N2O3S/c1-18(2)38-28(42)29(43-25-10-4-19(3)5-11-25)15-26(41)39(27(29)22-8-6-20(17-40)7-9-22)16-21-12-23(30(32,33)34)14-24(13-21)31(35,36)37/h4-14,18,27,40H,15-17H2,1-3H3,(H,38,42)/t27-,29-/m1/s1. The van der Waals surface area contributed by atoms with Gasteiger partial charge in [0.2, 0.25) is 11.8 Å². The molecule has 0 radical (unpaired) electrons. The summed E-state index contributed by atoms with van der Waals surface area (Å²) in [6.07, 6.45) is -10.5. The molecular formula is C31H30F6N2O3S. The second-order valence-electron chi connectivity index (χ2n) is 10.8. The number of carbonyl (C=O) groups is 2. The number of benzene rings is 3. The number of hydrogen-bond donors (Lipinski definition) is 2. The molecule has 0 bridgehead atoms. The maximum atomic E-state index is 14.0. The van der Waals surface area contributed by atoms with Gasteiger partial charge in [0.1, 0.15) is 4.75 Å². The Bertz CT molecular complexity index is 1440. The van der Waals surface area contributed by atoms with Gasteiger partial charge in [0.05, 0.1) is 30.2 Å². The number of carbonyl (C=O) groups excluding carboxylic acids is 2. The first-order chi connectivity index (χ1) is 20.0. The van der Waals surface area contributed by atoms with Gasteiger partial charge >= 0.3 is 12.4 Å². The molecule has 0 spiro atoms. The van der Waals surface area contributed by atoms with Crippen LogP contribution in [0, 0.1) is 6.92 Å². The lowest BCUT2D eigenvalue weighted by Crippen LogP contribution is -2.50. The van der Waals surface area contributed by atoms with E-state index in [2.05, 4.69) is 5.32 Å². The van der Waals surface area contributed by atoms with Crippen LogP contribution in [0.5, 0.6) is 0 Å². The van der Waals surface area contributed by atoms with E-state index in [1.807, 2.05) is 19.1 Å². The Hall–Kier alpha value is -3.51.